The van der Waals surface area contributed by atoms with Gasteiger partial charge in [-0.3, -0.25) is 0 Å². The summed E-state index contributed by atoms with van der Waals surface area (Å²) in [5, 5.41) is 3.12. The molecule has 0 radical (unpaired) electrons. The number of methoxy groups -OCH3 is 1. The zero-order valence-corrected chi connectivity index (χ0v) is 12.7. The van der Waals surface area contributed by atoms with Gasteiger partial charge in [0.1, 0.15) is 0 Å². The van der Waals surface area contributed by atoms with E-state index in [0.717, 1.165) is 11.1 Å². The molecular weight excluding hydrogens is 292 g/mol. The van der Waals surface area contributed by atoms with E-state index in [1.165, 1.54) is 7.11 Å². The van der Waals surface area contributed by atoms with Crippen LogP contribution >= 0.6 is 0 Å². The summed E-state index contributed by atoms with van der Waals surface area (Å²) in [6.45, 7) is 9.05. The maximum Gasteiger partial charge on any atom is 0.337 e. The minimum atomic E-state index is -0.393. The molecule has 0 unspecified atom stereocenters. The fourth-order valence-corrected chi connectivity index (χ4v) is 2.31. The van der Waals surface area contributed by atoms with Gasteiger partial charge in [-0.2, -0.15) is 0 Å². The largest absolute Gasteiger partial charge is 0.465 e. The molecule has 0 aliphatic rings. The highest BCUT2D eigenvalue weighted by atomic mass is 16.5. The van der Waals surface area contributed by atoms with Gasteiger partial charge in [-0.25, -0.2) is 14.6 Å². The van der Waals surface area contributed by atoms with Gasteiger partial charge in [-0.15, -0.1) is 0 Å². The molecule has 3 rings (SSSR count). The molecule has 0 spiro atoms. The minimum absolute atomic E-state index is 0.393. The number of hydrogen-bond acceptors (Lipinski definition) is 4. The maximum absolute atomic E-state index is 11.6. The summed E-state index contributed by atoms with van der Waals surface area (Å²) in [6, 6.07) is 10.6. The summed E-state index contributed by atoms with van der Waals surface area (Å²) < 4.78 is 4.71. The Hall–Kier alpha value is -3.33. The highest BCUT2D eigenvalue weighted by Gasteiger charge is 2.09. The molecule has 0 aliphatic heterocycles. The summed E-state index contributed by atoms with van der Waals surface area (Å²) in [7, 11) is 1.35. The molecule has 0 amide bonds. The van der Waals surface area contributed by atoms with Crippen LogP contribution < -0.4 is 5.32 Å². The molecule has 0 saturated carbocycles. The van der Waals surface area contributed by atoms with Crippen molar-refractivity contribution in [2.45, 2.75) is 6.92 Å². The Balaban J connectivity index is 1.93. The van der Waals surface area contributed by atoms with Gasteiger partial charge >= 0.3 is 5.97 Å². The quantitative estimate of drug-likeness (QED) is 0.567. The molecule has 114 valence electrons. The number of benzene rings is 2. The summed E-state index contributed by atoms with van der Waals surface area (Å²) in [5.41, 5.74) is 4.22. The number of esters is 1. The number of nitrogens with zero attached hydrogens (tertiary/aromatic N) is 2. The van der Waals surface area contributed by atoms with Crippen molar-refractivity contribution in [2.75, 3.05) is 12.4 Å². The fourth-order valence-electron chi connectivity index (χ4n) is 2.31. The van der Waals surface area contributed by atoms with Crippen molar-refractivity contribution >= 4 is 34.3 Å². The molecule has 6 nitrogen and oxygen atoms in total. The zero-order valence-electron chi connectivity index (χ0n) is 12.7. The van der Waals surface area contributed by atoms with Crippen LogP contribution in [0.4, 0.5) is 17.3 Å². The third-order valence-corrected chi connectivity index (χ3v) is 3.47. The van der Waals surface area contributed by atoms with Gasteiger partial charge in [0.05, 0.1) is 30.3 Å². The molecule has 0 atom stereocenters. The topological polar surface area (TPSA) is 71.4 Å². The Morgan fingerprint density at radius 1 is 1.35 bits per heavy atom. The number of rotatable bonds is 3. The van der Waals surface area contributed by atoms with Crippen LogP contribution in [0, 0.1) is 13.5 Å². The average Bonchev–Trinajstić information content (AvgIpc) is 2.94. The normalized spacial score (nSPS) is 10.3. The predicted molar refractivity (Wildman–Crippen MR) is 88.2 cm³/mol. The first-order chi connectivity index (χ1) is 11.1. The number of aromatic nitrogens is 2. The molecule has 0 bridgehead atoms. The second-order valence-corrected chi connectivity index (χ2v) is 5.05. The number of fused-ring (bicyclic) bond motifs is 1. The molecule has 0 fully saturated rings. The first kappa shape index (κ1) is 14.6. The number of carbonyl (C=O) groups excluding carboxylic acids is 1. The van der Waals surface area contributed by atoms with E-state index in [1.54, 1.807) is 24.3 Å². The Bertz CT molecular complexity index is 937. The number of nitrogens with one attached hydrogen (secondary N) is 2. The third-order valence-electron chi connectivity index (χ3n) is 3.47. The number of aromatic amines is 1. The van der Waals surface area contributed by atoms with Gasteiger partial charge < -0.3 is 15.0 Å². The first-order valence-corrected chi connectivity index (χ1v) is 6.94. The van der Waals surface area contributed by atoms with E-state index in [2.05, 4.69) is 20.1 Å². The molecule has 2 N–H and O–H groups in total. The third kappa shape index (κ3) is 2.85. The standard InChI is InChI=1S/C17H14N4O2/c1-10-7-14-15(9-13(10)18-2)21-17(20-14)19-12-6-4-5-11(8-12)16(22)23-3/h4-9H,1,3H3,(H2,19,20,21). The van der Waals surface area contributed by atoms with Crippen LogP contribution in [0.25, 0.3) is 15.9 Å². The van der Waals surface area contributed by atoms with Crippen LogP contribution in [0.2, 0.25) is 0 Å². The van der Waals surface area contributed by atoms with Crippen LogP contribution in [0.5, 0.6) is 0 Å². The lowest BCUT2D eigenvalue weighted by atomic mass is 10.2. The van der Waals surface area contributed by atoms with E-state index in [9.17, 15) is 4.79 Å². The molecule has 6 heteroatoms. The van der Waals surface area contributed by atoms with Crippen molar-refractivity contribution in [2.24, 2.45) is 0 Å². The number of carbonyl (C=O) groups is 1. The maximum atomic E-state index is 11.6. The number of anilines is 2. The lowest BCUT2D eigenvalue weighted by Gasteiger charge is -2.04. The lowest BCUT2D eigenvalue weighted by Crippen LogP contribution is -2.02. The molecule has 1 heterocycles. The Kier molecular flexibility index (Phi) is 3.69. The number of imidazole rings is 1. The van der Waals surface area contributed by atoms with Gasteiger partial charge in [0, 0.05) is 5.69 Å². The molecule has 2 aromatic carbocycles. The highest BCUT2D eigenvalue weighted by Crippen LogP contribution is 2.26. The molecule has 3 aromatic rings. The predicted octanol–water partition coefficient (Wildman–Crippen LogP) is 3.95. The van der Waals surface area contributed by atoms with E-state index < -0.39 is 5.97 Å². The SMILES string of the molecule is [C-]#[N+]c1cc2nc(Nc3cccc(C(=O)OC)c3)[nH]c2cc1C. The van der Waals surface area contributed by atoms with Gasteiger partial charge in [-0.1, -0.05) is 6.07 Å². The van der Waals surface area contributed by atoms with E-state index >= 15 is 0 Å². The van der Waals surface area contributed by atoms with Crippen LogP contribution in [0.15, 0.2) is 36.4 Å². The van der Waals surface area contributed by atoms with Crippen molar-refractivity contribution in [1.82, 2.24) is 9.97 Å². The number of H-pyrrole nitrogens is 1. The monoisotopic (exact) mass is 306 g/mol. The van der Waals surface area contributed by atoms with E-state index in [4.69, 9.17) is 11.3 Å². The first-order valence-electron chi connectivity index (χ1n) is 6.94. The van der Waals surface area contributed by atoms with Gasteiger partial charge in [0.2, 0.25) is 5.95 Å². The minimum Gasteiger partial charge on any atom is -0.465 e. The van der Waals surface area contributed by atoms with Gasteiger partial charge in [0.25, 0.3) is 0 Å². The van der Waals surface area contributed by atoms with Crippen LogP contribution in [-0.4, -0.2) is 23.0 Å². The molecule has 1 aromatic heterocycles. The number of aryl methyl sites for hydroxylation is 1. The van der Waals surface area contributed by atoms with E-state index in [-0.39, 0.29) is 0 Å². The second kappa shape index (κ2) is 5.81. The molecule has 0 aliphatic carbocycles. The number of hydrogen-bond donors (Lipinski definition) is 2. The second-order valence-electron chi connectivity index (χ2n) is 5.05. The van der Waals surface area contributed by atoms with E-state index in [1.807, 2.05) is 19.1 Å². The fraction of sp³-hybridized carbons (Fsp3) is 0.118. The lowest BCUT2D eigenvalue weighted by molar-refractivity contribution is 0.0601. The molecular formula is C17H14N4O2. The number of ether oxygens (including phenoxy) is 1. The molecule has 23 heavy (non-hydrogen) atoms. The van der Waals surface area contributed by atoms with Crippen molar-refractivity contribution in [3.63, 3.8) is 0 Å². The Labute approximate surface area is 132 Å². The summed E-state index contributed by atoms with van der Waals surface area (Å²) in [4.78, 5) is 22.6. The van der Waals surface area contributed by atoms with Crippen molar-refractivity contribution in [1.29, 1.82) is 0 Å². The van der Waals surface area contributed by atoms with Crippen molar-refractivity contribution < 1.29 is 9.53 Å². The van der Waals surface area contributed by atoms with Crippen LogP contribution in [0.3, 0.4) is 0 Å². The van der Waals surface area contributed by atoms with E-state index in [0.29, 0.717) is 28.4 Å². The van der Waals surface area contributed by atoms with Crippen molar-refractivity contribution in [3.8, 4) is 0 Å². The Morgan fingerprint density at radius 3 is 2.91 bits per heavy atom. The smallest absolute Gasteiger partial charge is 0.337 e. The Morgan fingerprint density at radius 2 is 2.17 bits per heavy atom. The van der Waals surface area contributed by atoms with Gasteiger partial charge in [0.15, 0.2) is 5.69 Å². The van der Waals surface area contributed by atoms with Crippen LogP contribution in [-0.2, 0) is 4.74 Å². The zero-order chi connectivity index (χ0) is 16.4. The summed E-state index contributed by atoms with van der Waals surface area (Å²) in [6.07, 6.45) is 0. The summed E-state index contributed by atoms with van der Waals surface area (Å²) in [5.74, 6) is 0.152. The van der Waals surface area contributed by atoms with Crippen LogP contribution in [0.1, 0.15) is 15.9 Å². The highest BCUT2D eigenvalue weighted by molar-refractivity contribution is 5.90. The van der Waals surface area contributed by atoms with Crippen molar-refractivity contribution in [3.05, 3.63) is 58.9 Å². The van der Waals surface area contributed by atoms with Gasteiger partial charge in [-0.05, 0) is 42.8 Å². The average molecular weight is 306 g/mol. The molecule has 0 saturated heterocycles. The summed E-state index contributed by atoms with van der Waals surface area (Å²) >= 11 is 0.